The molecule has 1 saturated heterocycles. The second-order valence-electron chi connectivity index (χ2n) is 3.28. The molecule has 1 fully saturated rings. The van der Waals surface area contributed by atoms with Crippen LogP contribution in [0.25, 0.3) is 0 Å². The molecule has 13 heavy (non-hydrogen) atoms. The fourth-order valence-corrected chi connectivity index (χ4v) is 1.63. The average molecular weight is 182 g/mol. The fourth-order valence-electron chi connectivity index (χ4n) is 1.63. The number of aromatic nitrogens is 3. The van der Waals surface area contributed by atoms with Crippen molar-refractivity contribution in [2.24, 2.45) is 5.73 Å². The van der Waals surface area contributed by atoms with Gasteiger partial charge in [-0.3, -0.25) is 0 Å². The van der Waals surface area contributed by atoms with Gasteiger partial charge in [-0.05, 0) is 6.92 Å². The zero-order valence-electron chi connectivity index (χ0n) is 7.68. The highest BCUT2D eigenvalue weighted by atomic mass is 16.5. The van der Waals surface area contributed by atoms with E-state index in [0.717, 1.165) is 12.4 Å². The monoisotopic (exact) mass is 182 g/mol. The van der Waals surface area contributed by atoms with Crippen molar-refractivity contribution in [3.05, 3.63) is 12.2 Å². The summed E-state index contributed by atoms with van der Waals surface area (Å²) < 4.78 is 7.30. The summed E-state index contributed by atoms with van der Waals surface area (Å²) in [5.41, 5.74) is 5.89. The van der Waals surface area contributed by atoms with Gasteiger partial charge in [-0.1, -0.05) is 0 Å². The lowest BCUT2D eigenvalue weighted by molar-refractivity contribution is 0.190. The van der Waals surface area contributed by atoms with Crippen LogP contribution >= 0.6 is 0 Å². The molecule has 72 valence electrons. The molecule has 2 rings (SSSR count). The van der Waals surface area contributed by atoms with E-state index in [0.29, 0.717) is 13.2 Å². The third-order valence-electron chi connectivity index (χ3n) is 2.44. The van der Waals surface area contributed by atoms with E-state index in [4.69, 9.17) is 10.5 Å². The van der Waals surface area contributed by atoms with Gasteiger partial charge in [0.1, 0.15) is 12.2 Å². The van der Waals surface area contributed by atoms with E-state index in [1.54, 1.807) is 6.33 Å². The smallest absolute Gasteiger partial charge is 0.139 e. The normalized spacial score (nSPS) is 28.2. The van der Waals surface area contributed by atoms with Crippen LogP contribution in [0.5, 0.6) is 0 Å². The van der Waals surface area contributed by atoms with Crippen LogP contribution in [-0.2, 0) is 11.3 Å². The van der Waals surface area contributed by atoms with Gasteiger partial charge in [0.05, 0.1) is 19.1 Å². The Morgan fingerprint density at radius 1 is 1.69 bits per heavy atom. The van der Waals surface area contributed by atoms with Crippen molar-refractivity contribution < 1.29 is 4.74 Å². The van der Waals surface area contributed by atoms with E-state index in [-0.39, 0.29) is 12.0 Å². The Hall–Kier alpha value is -0.940. The first-order chi connectivity index (χ1) is 6.33. The van der Waals surface area contributed by atoms with Gasteiger partial charge in [0.25, 0.3) is 0 Å². The lowest BCUT2D eigenvalue weighted by atomic mass is 10.0. The third kappa shape index (κ3) is 1.45. The Kier molecular flexibility index (Phi) is 2.28. The summed E-state index contributed by atoms with van der Waals surface area (Å²) in [6, 6.07) is 0.0644. The van der Waals surface area contributed by atoms with Crippen molar-refractivity contribution in [2.45, 2.75) is 25.4 Å². The first kappa shape index (κ1) is 8.65. The lowest BCUT2D eigenvalue weighted by Crippen LogP contribution is -2.28. The molecular weight excluding hydrogens is 168 g/mol. The van der Waals surface area contributed by atoms with Crippen LogP contribution in [0.15, 0.2) is 6.33 Å². The van der Waals surface area contributed by atoms with Gasteiger partial charge in [-0.25, -0.2) is 0 Å². The van der Waals surface area contributed by atoms with E-state index < -0.39 is 0 Å². The first-order valence-electron chi connectivity index (χ1n) is 4.54. The molecule has 0 saturated carbocycles. The van der Waals surface area contributed by atoms with Crippen molar-refractivity contribution in [3.8, 4) is 0 Å². The second-order valence-corrected chi connectivity index (χ2v) is 3.28. The molecule has 1 aromatic rings. The molecule has 1 aliphatic rings. The first-order valence-corrected chi connectivity index (χ1v) is 4.54. The largest absolute Gasteiger partial charge is 0.379 e. The Morgan fingerprint density at radius 3 is 3.15 bits per heavy atom. The predicted molar refractivity (Wildman–Crippen MR) is 47.2 cm³/mol. The standard InChI is InChI=1S/C8H14N4O/c1-2-12-5-10-11-8(12)6-3-13-4-7(6)9/h5-7H,2-4,9H2,1H3. The van der Waals surface area contributed by atoms with Crippen LogP contribution in [0.4, 0.5) is 0 Å². The number of hydrogen-bond donors (Lipinski definition) is 1. The summed E-state index contributed by atoms with van der Waals surface area (Å²) in [6.07, 6.45) is 1.74. The zero-order valence-corrected chi connectivity index (χ0v) is 7.68. The molecule has 5 nitrogen and oxygen atoms in total. The molecule has 2 atom stereocenters. The predicted octanol–water partition coefficient (Wildman–Crippen LogP) is -0.261. The van der Waals surface area contributed by atoms with Crippen LogP contribution in [0, 0.1) is 0 Å². The molecular formula is C8H14N4O. The number of rotatable bonds is 2. The maximum Gasteiger partial charge on any atom is 0.139 e. The topological polar surface area (TPSA) is 66.0 Å². The van der Waals surface area contributed by atoms with Crippen molar-refractivity contribution in [1.29, 1.82) is 0 Å². The third-order valence-corrected chi connectivity index (χ3v) is 2.44. The van der Waals surface area contributed by atoms with Crippen molar-refractivity contribution in [3.63, 3.8) is 0 Å². The Balaban J connectivity index is 2.23. The molecule has 0 radical (unpaired) electrons. The summed E-state index contributed by atoms with van der Waals surface area (Å²) in [5, 5.41) is 7.95. The maximum absolute atomic E-state index is 5.89. The van der Waals surface area contributed by atoms with Crippen molar-refractivity contribution in [1.82, 2.24) is 14.8 Å². The van der Waals surface area contributed by atoms with E-state index in [1.165, 1.54) is 0 Å². The van der Waals surface area contributed by atoms with E-state index in [9.17, 15) is 0 Å². The Morgan fingerprint density at radius 2 is 2.54 bits per heavy atom. The molecule has 0 aliphatic carbocycles. The minimum Gasteiger partial charge on any atom is -0.379 e. The molecule has 1 aliphatic heterocycles. The maximum atomic E-state index is 5.89. The van der Waals surface area contributed by atoms with Gasteiger partial charge in [0, 0.05) is 12.6 Å². The summed E-state index contributed by atoms with van der Waals surface area (Å²) in [5.74, 6) is 1.16. The van der Waals surface area contributed by atoms with Crippen LogP contribution < -0.4 is 5.73 Å². The van der Waals surface area contributed by atoms with Gasteiger partial charge >= 0.3 is 0 Å². The summed E-state index contributed by atoms with van der Waals surface area (Å²) >= 11 is 0. The number of hydrogen-bond acceptors (Lipinski definition) is 4. The van der Waals surface area contributed by atoms with Crippen LogP contribution in [-0.4, -0.2) is 34.0 Å². The van der Waals surface area contributed by atoms with Crippen molar-refractivity contribution >= 4 is 0 Å². The summed E-state index contributed by atoms with van der Waals surface area (Å²) in [4.78, 5) is 0. The molecule has 2 unspecified atom stereocenters. The minimum atomic E-state index is 0.0644. The van der Waals surface area contributed by atoms with E-state index in [2.05, 4.69) is 17.1 Å². The second kappa shape index (κ2) is 3.43. The highest BCUT2D eigenvalue weighted by Crippen LogP contribution is 2.22. The molecule has 1 aromatic heterocycles. The van der Waals surface area contributed by atoms with Crippen LogP contribution in [0.2, 0.25) is 0 Å². The van der Waals surface area contributed by atoms with Gasteiger partial charge in [-0.15, -0.1) is 10.2 Å². The SMILES string of the molecule is CCn1cnnc1C1COCC1N. The van der Waals surface area contributed by atoms with Gasteiger partial charge in [-0.2, -0.15) is 0 Å². The highest BCUT2D eigenvalue weighted by Gasteiger charge is 2.30. The lowest BCUT2D eigenvalue weighted by Gasteiger charge is -2.12. The molecule has 2 N–H and O–H groups in total. The number of aryl methyl sites for hydroxylation is 1. The Bertz CT molecular complexity index is 285. The quantitative estimate of drug-likeness (QED) is 0.684. The van der Waals surface area contributed by atoms with E-state index in [1.807, 2.05) is 4.57 Å². The highest BCUT2D eigenvalue weighted by molar-refractivity contribution is 5.03. The number of ether oxygens (including phenoxy) is 1. The number of nitrogens with two attached hydrogens (primary N) is 1. The molecule has 0 aromatic carbocycles. The number of nitrogens with zero attached hydrogens (tertiary/aromatic N) is 3. The minimum absolute atomic E-state index is 0.0644. The molecule has 5 heteroatoms. The van der Waals surface area contributed by atoms with Crippen molar-refractivity contribution in [2.75, 3.05) is 13.2 Å². The molecule has 2 heterocycles. The van der Waals surface area contributed by atoms with Gasteiger partial charge in [0.2, 0.25) is 0 Å². The molecule has 0 amide bonds. The average Bonchev–Trinajstić information content (AvgIpc) is 2.71. The van der Waals surface area contributed by atoms with Crippen LogP contribution in [0.3, 0.4) is 0 Å². The molecule has 0 spiro atoms. The Labute approximate surface area is 76.9 Å². The fraction of sp³-hybridized carbons (Fsp3) is 0.750. The van der Waals surface area contributed by atoms with E-state index >= 15 is 0 Å². The van der Waals surface area contributed by atoms with Crippen LogP contribution in [0.1, 0.15) is 18.7 Å². The van der Waals surface area contributed by atoms with Gasteiger partial charge < -0.3 is 15.0 Å². The summed E-state index contributed by atoms with van der Waals surface area (Å²) in [7, 11) is 0. The van der Waals surface area contributed by atoms with Gasteiger partial charge in [0.15, 0.2) is 0 Å². The zero-order chi connectivity index (χ0) is 9.26. The summed E-state index contributed by atoms with van der Waals surface area (Å²) in [6.45, 7) is 4.24. The molecule has 0 bridgehead atoms.